The number of thiazole rings is 1. The molecule has 56 heavy (non-hydrogen) atoms. The van der Waals surface area contributed by atoms with Gasteiger partial charge in [0.25, 0.3) is 11.8 Å². The van der Waals surface area contributed by atoms with Crippen LogP contribution >= 0.6 is 22.9 Å². The summed E-state index contributed by atoms with van der Waals surface area (Å²) in [5.74, 6) is -1.51. The molecule has 14 nitrogen and oxygen atoms in total. The van der Waals surface area contributed by atoms with Crippen molar-refractivity contribution in [1.29, 1.82) is 0 Å². The van der Waals surface area contributed by atoms with Crippen molar-refractivity contribution in [3.8, 4) is 5.75 Å². The summed E-state index contributed by atoms with van der Waals surface area (Å²) in [4.78, 5) is 67.3. The average Bonchev–Trinajstić information content (AvgIpc) is 3.62. The zero-order valence-electron chi connectivity index (χ0n) is 30.5. The van der Waals surface area contributed by atoms with E-state index < -0.39 is 42.0 Å². The zero-order valence-corrected chi connectivity index (χ0v) is 32.0. The number of anilines is 4. The molecule has 1 unspecified atom stereocenters. The van der Waals surface area contributed by atoms with Crippen molar-refractivity contribution in [3.63, 3.8) is 0 Å². The van der Waals surface area contributed by atoms with E-state index in [2.05, 4.69) is 46.0 Å². The second-order valence-corrected chi connectivity index (χ2v) is 14.7. The van der Waals surface area contributed by atoms with Crippen LogP contribution in [0.5, 0.6) is 5.75 Å². The Balaban J connectivity index is 0.925. The number of hydrogen-bond donors (Lipinski definition) is 4. The fraction of sp³-hybridized carbons (Fsp3) is 0.378. The second kappa shape index (κ2) is 17.6. The van der Waals surface area contributed by atoms with Gasteiger partial charge in [-0.1, -0.05) is 41.1 Å². The molecule has 2 fully saturated rings. The van der Waals surface area contributed by atoms with E-state index in [4.69, 9.17) is 16.3 Å². The van der Waals surface area contributed by atoms with Gasteiger partial charge in [-0.2, -0.15) is 13.2 Å². The topological polar surface area (TPSA) is 171 Å². The molecule has 0 aliphatic carbocycles. The summed E-state index contributed by atoms with van der Waals surface area (Å²) in [5.41, 5.74) is 0.106. The molecule has 4 amide bonds. The lowest BCUT2D eigenvalue weighted by molar-refractivity contribution is -0.139. The first-order valence-electron chi connectivity index (χ1n) is 17.8. The first kappa shape index (κ1) is 40.3. The lowest BCUT2D eigenvalue weighted by atomic mass is 9.87. The summed E-state index contributed by atoms with van der Waals surface area (Å²) in [5, 5.41) is 11.8. The molecule has 296 valence electrons. The molecule has 2 aliphatic heterocycles. The van der Waals surface area contributed by atoms with Gasteiger partial charge in [-0.05, 0) is 62.6 Å². The SMILES string of the molecule is Cc1nc(Nc2ncc(C(=O)Nc3c(C)cccc3Cl)s2)cc(N2CCN(CCCNC(=O)COc3ccc(C4CCC(=O)NC4=O)c(C(F)(F)F)c3)CC2)n1. The molecule has 0 spiro atoms. The predicted molar refractivity (Wildman–Crippen MR) is 205 cm³/mol. The van der Waals surface area contributed by atoms with Crippen LogP contribution in [-0.4, -0.2) is 89.4 Å². The van der Waals surface area contributed by atoms with Gasteiger partial charge in [0.2, 0.25) is 11.8 Å². The smallest absolute Gasteiger partial charge is 0.416 e. The van der Waals surface area contributed by atoms with Crippen LogP contribution in [0.4, 0.5) is 35.6 Å². The lowest BCUT2D eigenvalue weighted by Crippen LogP contribution is -2.47. The third kappa shape index (κ3) is 10.3. The highest BCUT2D eigenvalue weighted by Gasteiger charge is 2.39. The quantitative estimate of drug-likeness (QED) is 0.100. The summed E-state index contributed by atoms with van der Waals surface area (Å²) in [6, 6.07) is 10.4. The van der Waals surface area contributed by atoms with Crippen LogP contribution in [0, 0.1) is 13.8 Å². The van der Waals surface area contributed by atoms with Crippen molar-refractivity contribution >= 4 is 69.0 Å². The maximum atomic E-state index is 13.9. The van der Waals surface area contributed by atoms with E-state index in [1.807, 2.05) is 25.1 Å². The first-order chi connectivity index (χ1) is 26.7. The third-order valence-electron chi connectivity index (χ3n) is 9.23. The Bertz CT molecular complexity index is 2090. The van der Waals surface area contributed by atoms with Gasteiger partial charge in [-0.25, -0.2) is 15.0 Å². The summed E-state index contributed by atoms with van der Waals surface area (Å²) in [6.45, 7) is 7.19. The van der Waals surface area contributed by atoms with Crippen LogP contribution in [0.3, 0.4) is 0 Å². The van der Waals surface area contributed by atoms with Gasteiger partial charge in [0.1, 0.15) is 28.1 Å². The van der Waals surface area contributed by atoms with Gasteiger partial charge in [0.15, 0.2) is 11.7 Å². The molecule has 4 heterocycles. The van der Waals surface area contributed by atoms with Gasteiger partial charge < -0.3 is 25.6 Å². The number of nitrogens with zero attached hydrogens (tertiary/aromatic N) is 5. The van der Waals surface area contributed by atoms with Crippen molar-refractivity contribution < 1.29 is 37.1 Å². The largest absolute Gasteiger partial charge is 0.484 e. The average molecular weight is 814 g/mol. The highest BCUT2D eigenvalue weighted by atomic mass is 35.5. The zero-order chi connectivity index (χ0) is 40.0. The molecule has 0 bridgehead atoms. The minimum Gasteiger partial charge on any atom is -0.484 e. The number of halogens is 4. The maximum absolute atomic E-state index is 13.9. The molecule has 4 N–H and O–H groups in total. The van der Waals surface area contributed by atoms with E-state index in [9.17, 15) is 32.3 Å². The molecule has 2 aromatic heterocycles. The Hall–Kier alpha value is -5.33. The number of carbonyl (C=O) groups is 4. The number of rotatable bonds is 13. The Kier molecular flexibility index (Phi) is 12.7. The summed E-state index contributed by atoms with van der Waals surface area (Å²) in [6.07, 6.45) is -2.72. The number of nitrogens with one attached hydrogen (secondary N) is 4. The van der Waals surface area contributed by atoms with E-state index in [1.54, 1.807) is 13.0 Å². The van der Waals surface area contributed by atoms with Crippen molar-refractivity contribution in [2.24, 2.45) is 0 Å². The highest BCUT2D eigenvalue weighted by Crippen LogP contribution is 2.39. The molecule has 6 rings (SSSR count). The summed E-state index contributed by atoms with van der Waals surface area (Å²) in [7, 11) is 0. The molecular formula is C37H39ClF3N9O5S. The Labute approximate surface area is 329 Å². The molecule has 2 aliphatic rings. The second-order valence-electron chi connectivity index (χ2n) is 13.3. The normalized spacial score (nSPS) is 16.3. The fourth-order valence-electron chi connectivity index (χ4n) is 6.39. The number of hydrogen-bond acceptors (Lipinski definition) is 12. The van der Waals surface area contributed by atoms with Crippen molar-refractivity contribution in [3.05, 3.63) is 81.1 Å². The van der Waals surface area contributed by atoms with Crippen LogP contribution in [0.25, 0.3) is 0 Å². The lowest BCUT2D eigenvalue weighted by Gasteiger charge is -2.35. The molecule has 1 atom stereocenters. The number of piperazine rings is 1. The molecule has 2 saturated heterocycles. The van der Waals surface area contributed by atoms with Crippen LogP contribution in [0.15, 0.2) is 48.7 Å². The minimum atomic E-state index is -4.77. The van der Waals surface area contributed by atoms with Gasteiger partial charge >= 0.3 is 6.18 Å². The molecule has 2 aromatic carbocycles. The van der Waals surface area contributed by atoms with E-state index in [0.29, 0.717) is 58.4 Å². The van der Waals surface area contributed by atoms with E-state index in [1.165, 1.54) is 23.6 Å². The number of amides is 4. The van der Waals surface area contributed by atoms with Crippen LogP contribution < -0.4 is 30.9 Å². The molecule has 0 radical (unpaired) electrons. The van der Waals surface area contributed by atoms with Crippen LogP contribution in [0.1, 0.15) is 57.4 Å². The molecule has 4 aromatic rings. The van der Waals surface area contributed by atoms with Gasteiger partial charge in [-0.15, -0.1) is 0 Å². The van der Waals surface area contributed by atoms with Gasteiger partial charge in [0.05, 0.1) is 28.4 Å². The molecular weight excluding hydrogens is 775 g/mol. The number of imide groups is 1. The predicted octanol–water partition coefficient (Wildman–Crippen LogP) is 5.45. The van der Waals surface area contributed by atoms with Crippen LogP contribution in [-0.2, 0) is 20.6 Å². The summed E-state index contributed by atoms with van der Waals surface area (Å²) < 4.78 is 47.0. The number of para-hydroxylation sites is 1. The van der Waals surface area contributed by atoms with Crippen molar-refractivity contribution in [2.45, 2.75) is 45.2 Å². The number of aryl methyl sites for hydroxylation is 2. The van der Waals surface area contributed by atoms with E-state index in [0.717, 1.165) is 43.1 Å². The monoisotopic (exact) mass is 813 g/mol. The fourth-order valence-corrected chi connectivity index (χ4v) is 7.37. The number of ether oxygens (including phenoxy) is 1. The number of alkyl halides is 3. The number of piperidine rings is 1. The first-order valence-corrected chi connectivity index (χ1v) is 19.0. The highest BCUT2D eigenvalue weighted by molar-refractivity contribution is 7.17. The number of carbonyl (C=O) groups excluding carboxylic acids is 4. The van der Waals surface area contributed by atoms with Crippen molar-refractivity contribution in [2.75, 3.05) is 61.4 Å². The minimum absolute atomic E-state index is 0.0286. The third-order valence-corrected chi connectivity index (χ3v) is 10.5. The van der Waals surface area contributed by atoms with Crippen molar-refractivity contribution in [1.82, 2.24) is 30.5 Å². The standard InChI is InChI=1S/C37H39ClF3N9O5S/c1-21-5-3-6-27(38)33(21)48-35(54)28-19-43-36(56-28)46-29-18-30(45-22(2)44-29)50-15-13-49(14-16-50)12-4-11-42-32(52)20-55-23-7-8-24(26(17-23)37(39,40)41)25-9-10-31(51)47-34(25)53/h3,5-8,17-19,25H,4,9-16,20H2,1-2H3,(H,42,52)(H,48,54)(H,47,51,53)(H,43,44,45,46). The number of aromatic nitrogens is 3. The van der Waals surface area contributed by atoms with Crippen LogP contribution in [0.2, 0.25) is 5.02 Å². The summed E-state index contributed by atoms with van der Waals surface area (Å²) >= 11 is 7.45. The van der Waals surface area contributed by atoms with Gasteiger partial charge in [0, 0.05) is 45.2 Å². The van der Waals surface area contributed by atoms with E-state index in [-0.39, 0.29) is 30.1 Å². The van der Waals surface area contributed by atoms with Gasteiger partial charge in [-0.3, -0.25) is 29.4 Å². The maximum Gasteiger partial charge on any atom is 0.416 e. The molecule has 19 heteroatoms. The van der Waals surface area contributed by atoms with E-state index >= 15 is 0 Å². The Morgan fingerprint density at radius 2 is 1.86 bits per heavy atom. The Morgan fingerprint density at radius 1 is 1.07 bits per heavy atom. The number of benzene rings is 2. The molecule has 0 saturated carbocycles. The Morgan fingerprint density at radius 3 is 2.59 bits per heavy atom.